The number of benzene rings is 2. The van der Waals surface area contributed by atoms with Crippen molar-refractivity contribution >= 4 is 35.3 Å². The molecule has 4 rings (SSSR count). The molecule has 0 spiro atoms. The summed E-state index contributed by atoms with van der Waals surface area (Å²) in [4.78, 5) is 42.2. The Balaban J connectivity index is 1.73. The Bertz CT molecular complexity index is 1230. The van der Waals surface area contributed by atoms with E-state index in [4.69, 9.17) is 4.74 Å². The number of carbonyl (C=O) groups excluding carboxylic acids is 3. The summed E-state index contributed by atoms with van der Waals surface area (Å²) in [6.45, 7) is 14.3. The van der Waals surface area contributed by atoms with Gasteiger partial charge in [0.15, 0.2) is 0 Å². The van der Waals surface area contributed by atoms with Gasteiger partial charge in [-0.25, -0.2) is 9.69 Å². The van der Waals surface area contributed by atoms with Gasteiger partial charge in [0.1, 0.15) is 11.3 Å². The van der Waals surface area contributed by atoms with Gasteiger partial charge >= 0.3 is 6.03 Å². The lowest BCUT2D eigenvalue weighted by atomic mass is 9.78. The molecule has 2 aliphatic rings. The van der Waals surface area contributed by atoms with E-state index >= 15 is 0 Å². The van der Waals surface area contributed by atoms with Gasteiger partial charge in [-0.3, -0.25) is 14.9 Å². The van der Waals surface area contributed by atoms with Crippen molar-refractivity contribution in [2.45, 2.75) is 65.8 Å². The standard InChI is InChI=1S/C29H35N3O4/c1-7-13-31-25-14-18(3)20(15-23(25)19(4)17-29(31,5)6)16-24-26(33)30-28(35)32(27(24)34)21-9-11-22(12-10-21)36-8-2/h9-12,14-16,19H,7-8,13,17H2,1-6H3,(H,30,33,35)/b24-16-. The van der Waals surface area contributed by atoms with Crippen LogP contribution in [0, 0.1) is 6.92 Å². The highest BCUT2D eigenvalue weighted by atomic mass is 16.5. The molecule has 0 radical (unpaired) electrons. The number of aryl methyl sites for hydroxylation is 1. The zero-order valence-electron chi connectivity index (χ0n) is 22.0. The van der Waals surface area contributed by atoms with Crippen molar-refractivity contribution in [3.05, 3.63) is 58.7 Å². The number of anilines is 2. The summed E-state index contributed by atoms with van der Waals surface area (Å²) in [5, 5.41) is 2.31. The Hall–Kier alpha value is -3.61. The zero-order valence-corrected chi connectivity index (χ0v) is 22.0. The van der Waals surface area contributed by atoms with Crippen molar-refractivity contribution < 1.29 is 19.1 Å². The smallest absolute Gasteiger partial charge is 0.335 e. The third kappa shape index (κ3) is 4.62. The van der Waals surface area contributed by atoms with Crippen LogP contribution in [0.5, 0.6) is 5.75 Å². The van der Waals surface area contributed by atoms with Crippen LogP contribution in [0.4, 0.5) is 16.2 Å². The van der Waals surface area contributed by atoms with Crippen LogP contribution in [-0.4, -0.2) is 36.5 Å². The van der Waals surface area contributed by atoms with Crippen LogP contribution in [0.15, 0.2) is 42.0 Å². The minimum Gasteiger partial charge on any atom is -0.494 e. The Kier molecular flexibility index (Phi) is 6.94. The molecule has 0 bridgehead atoms. The van der Waals surface area contributed by atoms with Crippen LogP contribution >= 0.6 is 0 Å². The number of fused-ring (bicyclic) bond motifs is 1. The van der Waals surface area contributed by atoms with Crippen molar-refractivity contribution in [1.29, 1.82) is 0 Å². The molecule has 1 saturated heterocycles. The molecule has 2 heterocycles. The number of ether oxygens (including phenoxy) is 1. The second-order valence-corrected chi connectivity index (χ2v) is 10.2. The van der Waals surface area contributed by atoms with Crippen LogP contribution < -0.4 is 19.9 Å². The Morgan fingerprint density at radius 2 is 1.81 bits per heavy atom. The molecule has 2 aliphatic heterocycles. The molecule has 0 aliphatic carbocycles. The van der Waals surface area contributed by atoms with E-state index in [1.54, 1.807) is 30.3 Å². The normalized spacial score (nSPS) is 20.4. The second kappa shape index (κ2) is 9.80. The fourth-order valence-electron chi connectivity index (χ4n) is 5.36. The first-order valence-corrected chi connectivity index (χ1v) is 12.6. The number of hydrogen-bond donors (Lipinski definition) is 1. The Morgan fingerprint density at radius 3 is 2.44 bits per heavy atom. The number of rotatable bonds is 6. The fraction of sp³-hybridized carbons (Fsp3) is 0.414. The molecule has 1 unspecified atom stereocenters. The Labute approximate surface area is 213 Å². The summed E-state index contributed by atoms with van der Waals surface area (Å²) in [6, 6.07) is 10.1. The van der Waals surface area contributed by atoms with Gasteiger partial charge in [-0.2, -0.15) is 0 Å². The van der Waals surface area contributed by atoms with Crippen LogP contribution in [0.2, 0.25) is 0 Å². The minimum atomic E-state index is -0.764. The van der Waals surface area contributed by atoms with E-state index in [-0.39, 0.29) is 11.1 Å². The lowest BCUT2D eigenvalue weighted by Crippen LogP contribution is -2.54. The fourth-order valence-corrected chi connectivity index (χ4v) is 5.36. The predicted molar refractivity (Wildman–Crippen MR) is 143 cm³/mol. The molecular formula is C29H35N3O4. The highest BCUT2D eigenvalue weighted by molar-refractivity contribution is 6.39. The molecule has 2 aromatic rings. The van der Waals surface area contributed by atoms with Gasteiger partial charge in [0, 0.05) is 17.8 Å². The lowest BCUT2D eigenvalue weighted by molar-refractivity contribution is -0.122. The van der Waals surface area contributed by atoms with Gasteiger partial charge < -0.3 is 9.64 Å². The SMILES string of the molecule is CCCN1c2cc(C)c(/C=C3/C(=O)NC(=O)N(c4ccc(OCC)cc4)C3=O)cc2C(C)CC1(C)C. The van der Waals surface area contributed by atoms with E-state index in [0.717, 1.165) is 35.4 Å². The number of carbonyl (C=O) groups is 3. The van der Waals surface area contributed by atoms with Crippen LogP contribution in [0.25, 0.3) is 6.08 Å². The summed E-state index contributed by atoms with van der Waals surface area (Å²) in [5.74, 6) is -0.367. The molecule has 7 nitrogen and oxygen atoms in total. The van der Waals surface area contributed by atoms with E-state index in [0.29, 0.717) is 24.0 Å². The van der Waals surface area contributed by atoms with Gasteiger partial charge in [-0.15, -0.1) is 0 Å². The number of nitrogens with one attached hydrogen (secondary N) is 1. The van der Waals surface area contributed by atoms with E-state index in [2.05, 4.69) is 50.0 Å². The Morgan fingerprint density at radius 1 is 1.11 bits per heavy atom. The highest BCUT2D eigenvalue weighted by Gasteiger charge is 2.38. The first-order valence-electron chi connectivity index (χ1n) is 12.6. The molecule has 0 saturated carbocycles. The van der Waals surface area contributed by atoms with Gasteiger partial charge in [-0.1, -0.05) is 13.8 Å². The maximum Gasteiger partial charge on any atom is 0.335 e. The molecule has 1 N–H and O–H groups in total. The van der Waals surface area contributed by atoms with Crippen molar-refractivity contribution in [1.82, 2.24) is 5.32 Å². The monoisotopic (exact) mass is 489 g/mol. The molecule has 4 amide bonds. The van der Waals surface area contributed by atoms with E-state index < -0.39 is 17.8 Å². The maximum atomic E-state index is 13.4. The highest BCUT2D eigenvalue weighted by Crippen LogP contribution is 2.44. The van der Waals surface area contributed by atoms with Gasteiger partial charge in [-0.05, 0) is 106 Å². The van der Waals surface area contributed by atoms with E-state index in [9.17, 15) is 14.4 Å². The van der Waals surface area contributed by atoms with Gasteiger partial charge in [0.2, 0.25) is 0 Å². The molecule has 7 heteroatoms. The third-order valence-corrected chi connectivity index (χ3v) is 7.03. The number of imide groups is 2. The minimum absolute atomic E-state index is 0.0483. The van der Waals surface area contributed by atoms with Gasteiger partial charge in [0.25, 0.3) is 11.8 Å². The van der Waals surface area contributed by atoms with Crippen LogP contribution in [0.1, 0.15) is 70.1 Å². The summed E-state index contributed by atoms with van der Waals surface area (Å²) in [5.41, 5.74) is 4.54. The number of amides is 4. The van der Waals surface area contributed by atoms with Crippen molar-refractivity contribution in [3.63, 3.8) is 0 Å². The van der Waals surface area contributed by atoms with Crippen molar-refractivity contribution in [2.75, 3.05) is 23.0 Å². The summed E-state index contributed by atoms with van der Waals surface area (Å²) in [7, 11) is 0. The molecular weight excluding hydrogens is 454 g/mol. The number of nitrogens with zero attached hydrogens (tertiary/aromatic N) is 2. The zero-order chi connectivity index (χ0) is 26.2. The van der Waals surface area contributed by atoms with Crippen LogP contribution in [-0.2, 0) is 9.59 Å². The lowest BCUT2D eigenvalue weighted by Gasteiger charge is -2.48. The number of barbiturate groups is 1. The summed E-state index contributed by atoms with van der Waals surface area (Å²) >= 11 is 0. The maximum absolute atomic E-state index is 13.4. The average Bonchev–Trinajstić information content (AvgIpc) is 2.81. The first kappa shape index (κ1) is 25.5. The van der Waals surface area contributed by atoms with Crippen molar-refractivity contribution in [2.24, 2.45) is 0 Å². The number of hydrogen-bond acceptors (Lipinski definition) is 5. The molecule has 2 aromatic carbocycles. The van der Waals surface area contributed by atoms with E-state index in [1.807, 2.05) is 13.8 Å². The van der Waals surface area contributed by atoms with E-state index in [1.165, 1.54) is 11.3 Å². The second-order valence-electron chi connectivity index (χ2n) is 10.2. The summed E-state index contributed by atoms with van der Waals surface area (Å²) < 4.78 is 5.45. The van der Waals surface area contributed by atoms with Crippen LogP contribution in [0.3, 0.4) is 0 Å². The topological polar surface area (TPSA) is 79.0 Å². The third-order valence-electron chi connectivity index (χ3n) is 7.03. The predicted octanol–water partition coefficient (Wildman–Crippen LogP) is 5.56. The van der Waals surface area contributed by atoms with Gasteiger partial charge in [0.05, 0.1) is 12.3 Å². The molecule has 36 heavy (non-hydrogen) atoms. The molecule has 1 fully saturated rings. The number of urea groups is 1. The molecule has 0 aromatic heterocycles. The first-order chi connectivity index (χ1) is 17.1. The van der Waals surface area contributed by atoms with Crippen molar-refractivity contribution in [3.8, 4) is 5.75 Å². The quantitative estimate of drug-likeness (QED) is 0.424. The average molecular weight is 490 g/mol. The molecule has 1 atom stereocenters. The molecule has 190 valence electrons. The largest absolute Gasteiger partial charge is 0.494 e. The summed E-state index contributed by atoms with van der Waals surface area (Å²) in [6.07, 6.45) is 3.67.